The van der Waals surface area contributed by atoms with Crippen LogP contribution in [0.5, 0.6) is 5.75 Å². The number of likely N-dealkylation sites (tertiary alicyclic amines) is 1. The quantitative estimate of drug-likeness (QED) is 0.601. The second-order valence-corrected chi connectivity index (χ2v) is 9.53. The molecule has 1 aromatic carbocycles. The van der Waals surface area contributed by atoms with Crippen molar-refractivity contribution in [2.45, 2.75) is 57.7 Å². The molecule has 4 heterocycles. The van der Waals surface area contributed by atoms with E-state index in [2.05, 4.69) is 33.0 Å². The van der Waals surface area contributed by atoms with E-state index in [1.807, 2.05) is 18.2 Å². The van der Waals surface area contributed by atoms with Crippen LogP contribution in [0, 0.1) is 11.3 Å². The van der Waals surface area contributed by atoms with Crippen molar-refractivity contribution in [3.05, 3.63) is 35.0 Å². The number of benzene rings is 1. The normalized spacial score (nSPS) is 20.9. The minimum atomic E-state index is -1.03. The maximum absolute atomic E-state index is 13.8. The zero-order valence-electron chi connectivity index (χ0n) is 20.4. The molecule has 2 atom stereocenters. The lowest BCUT2D eigenvalue weighted by molar-refractivity contribution is 0.0667. The number of aromatic nitrogens is 5. The fraction of sp³-hybridized carbons (Fsp3) is 0.480. The summed E-state index contributed by atoms with van der Waals surface area (Å²) in [6, 6.07) is 8.26. The van der Waals surface area contributed by atoms with Gasteiger partial charge in [0.15, 0.2) is 0 Å². The second-order valence-electron chi connectivity index (χ2n) is 9.53. The Labute approximate surface area is 203 Å². The lowest BCUT2D eigenvalue weighted by Crippen LogP contribution is -2.44. The number of β-amino-alcohol motifs (C(OH)–C–C–N with tert-alkyl or cyclic N) is 1. The molecule has 0 radical (unpaired) electrons. The van der Waals surface area contributed by atoms with Crippen LogP contribution < -0.4 is 4.74 Å². The van der Waals surface area contributed by atoms with Crippen LogP contribution in [0.25, 0.3) is 22.6 Å². The molecular weight excluding hydrogens is 446 g/mol. The molecule has 10 heteroatoms. The molecule has 3 aromatic rings. The smallest absolute Gasteiger partial charge is 0.271 e. The number of carbonyl (C=O) groups is 1. The predicted octanol–water partition coefficient (Wildman–Crippen LogP) is 2.35. The Morgan fingerprint density at radius 1 is 1.34 bits per heavy atom. The van der Waals surface area contributed by atoms with Gasteiger partial charge in [0.2, 0.25) is 5.82 Å². The largest absolute Gasteiger partial charge is 0.496 e. The highest BCUT2D eigenvalue weighted by molar-refractivity contribution is 5.96. The molecular formula is C25H29N7O3. The van der Waals surface area contributed by atoms with Crippen molar-refractivity contribution < 1.29 is 14.6 Å². The van der Waals surface area contributed by atoms with Crippen LogP contribution >= 0.6 is 0 Å². The van der Waals surface area contributed by atoms with Crippen molar-refractivity contribution in [1.82, 2.24) is 29.7 Å². The first-order valence-electron chi connectivity index (χ1n) is 11.9. The topological polar surface area (TPSA) is 122 Å². The van der Waals surface area contributed by atoms with Gasteiger partial charge in [0.25, 0.3) is 5.91 Å². The molecule has 2 aliphatic heterocycles. The standard InChI is InChI=1S/C25H29N7O3/c1-5-6-16-9-20(24(34)32-13-17(33)12-25(32,2)14-26)31-8-7-15-10-21(35-4)19(11-18(15)22(16)31)23-27-29-30(3)28-23/h9-11,17,33H,5-8,12-13H2,1-4H3/t17-,25+/m0/s1. The molecule has 2 aliphatic rings. The van der Waals surface area contributed by atoms with E-state index in [1.54, 1.807) is 21.1 Å². The van der Waals surface area contributed by atoms with Crippen LogP contribution in [0.15, 0.2) is 18.2 Å². The summed E-state index contributed by atoms with van der Waals surface area (Å²) in [4.78, 5) is 16.7. The number of methoxy groups -OCH3 is 1. The lowest BCUT2D eigenvalue weighted by Gasteiger charge is -2.30. The Morgan fingerprint density at radius 2 is 2.14 bits per heavy atom. The van der Waals surface area contributed by atoms with E-state index in [4.69, 9.17) is 4.74 Å². The van der Waals surface area contributed by atoms with E-state index in [-0.39, 0.29) is 18.9 Å². The first kappa shape index (κ1) is 23.1. The van der Waals surface area contributed by atoms with Crippen LogP contribution in [-0.2, 0) is 26.4 Å². The number of amides is 1. The molecule has 0 spiro atoms. The molecule has 35 heavy (non-hydrogen) atoms. The summed E-state index contributed by atoms with van der Waals surface area (Å²) in [5, 5.41) is 32.5. The third-order valence-corrected chi connectivity index (χ3v) is 7.06. The third kappa shape index (κ3) is 3.67. The number of carbonyl (C=O) groups excluding carboxylic acids is 1. The highest BCUT2D eigenvalue weighted by Crippen LogP contribution is 2.42. The fourth-order valence-electron chi connectivity index (χ4n) is 5.41. The minimum absolute atomic E-state index is 0.156. The van der Waals surface area contributed by atoms with E-state index in [1.165, 1.54) is 9.70 Å². The molecule has 5 rings (SSSR count). The van der Waals surface area contributed by atoms with Gasteiger partial charge in [-0.1, -0.05) is 13.3 Å². The molecule has 0 saturated carbocycles. The second kappa shape index (κ2) is 8.50. The van der Waals surface area contributed by atoms with Crippen LogP contribution in [-0.4, -0.2) is 66.0 Å². The van der Waals surface area contributed by atoms with Gasteiger partial charge in [-0.05, 0) is 54.3 Å². The summed E-state index contributed by atoms with van der Waals surface area (Å²) in [5.41, 5.74) is 4.50. The van der Waals surface area contributed by atoms with Gasteiger partial charge >= 0.3 is 0 Å². The number of aliphatic hydroxyl groups excluding tert-OH is 1. The molecule has 1 saturated heterocycles. The van der Waals surface area contributed by atoms with Gasteiger partial charge in [0.1, 0.15) is 17.0 Å². The first-order chi connectivity index (χ1) is 16.8. The van der Waals surface area contributed by atoms with Gasteiger partial charge in [0, 0.05) is 25.1 Å². The molecule has 0 bridgehead atoms. The minimum Gasteiger partial charge on any atom is -0.496 e. The van der Waals surface area contributed by atoms with Crippen molar-refractivity contribution in [3.8, 4) is 34.5 Å². The summed E-state index contributed by atoms with van der Waals surface area (Å²) >= 11 is 0. The van der Waals surface area contributed by atoms with Gasteiger partial charge in [-0.2, -0.15) is 10.1 Å². The summed E-state index contributed by atoms with van der Waals surface area (Å²) in [6.45, 7) is 4.62. The Balaban J connectivity index is 1.66. The van der Waals surface area contributed by atoms with Gasteiger partial charge in [-0.25, -0.2) is 0 Å². The number of fused-ring (bicyclic) bond motifs is 3. The third-order valence-electron chi connectivity index (χ3n) is 7.06. The van der Waals surface area contributed by atoms with E-state index >= 15 is 0 Å². The van der Waals surface area contributed by atoms with Crippen molar-refractivity contribution in [3.63, 3.8) is 0 Å². The molecule has 0 unspecified atom stereocenters. The number of aliphatic hydroxyl groups is 1. The molecule has 10 nitrogen and oxygen atoms in total. The SMILES string of the molecule is CCCc1cc(C(=O)N2C[C@@H](O)C[C@]2(C)C#N)n2c1-c1cc(-c3nnn(C)n3)c(OC)cc1CC2. The van der Waals surface area contributed by atoms with Gasteiger partial charge in [-0.15, -0.1) is 10.2 Å². The number of hydrogen-bond donors (Lipinski definition) is 1. The van der Waals surface area contributed by atoms with Crippen molar-refractivity contribution in [1.29, 1.82) is 5.26 Å². The zero-order valence-corrected chi connectivity index (χ0v) is 20.4. The highest BCUT2D eigenvalue weighted by Gasteiger charge is 2.45. The van der Waals surface area contributed by atoms with Crippen molar-refractivity contribution in [2.75, 3.05) is 13.7 Å². The first-order valence-corrected chi connectivity index (χ1v) is 11.9. The Kier molecular flexibility index (Phi) is 5.60. The zero-order chi connectivity index (χ0) is 24.9. The fourth-order valence-corrected chi connectivity index (χ4v) is 5.41. The van der Waals surface area contributed by atoms with E-state index in [0.29, 0.717) is 23.8 Å². The van der Waals surface area contributed by atoms with Crippen LogP contribution in [0.3, 0.4) is 0 Å². The highest BCUT2D eigenvalue weighted by atomic mass is 16.5. The number of tetrazole rings is 1. The van der Waals surface area contributed by atoms with Crippen LogP contribution in [0.2, 0.25) is 0 Å². The van der Waals surface area contributed by atoms with Crippen molar-refractivity contribution in [2.24, 2.45) is 7.05 Å². The van der Waals surface area contributed by atoms with E-state index < -0.39 is 11.6 Å². The average molecular weight is 476 g/mol. The molecule has 182 valence electrons. The van der Waals surface area contributed by atoms with Crippen molar-refractivity contribution >= 4 is 5.91 Å². The van der Waals surface area contributed by atoms with E-state index in [0.717, 1.165) is 47.2 Å². The molecule has 1 fully saturated rings. The number of rotatable bonds is 5. The number of hydrogen-bond acceptors (Lipinski definition) is 7. The lowest BCUT2D eigenvalue weighted by atomic mass is 9.92. The molecule has 0 aliphatic carbocycles. The summed E-state index contributed by atoms with van der Waals surface area (Å²) in [5.74, 6) is 0.933. The van der Waals surface area contributed by atoms with Gasteiger partial charge in [0.05, 0.1) is 37.6 Å². The number of ether oxygens (including phenoxy) is 1. The number of nitrogens with zero attached hydrogens (tertiary/aromatic N) is 7. The van der Waals surface area contributed by atoms with Crippen LogP contribution in [0.4, 0.5) is 0 Å². The van der Waals surface area contributed by atoms with E-state index in [9.17, 15) is 15.2 Å². The number of aryl methyl sites for hydroxylation is 3. The Morgan fingerprint density at radius 3 is 2.80 bits per heavy atom. The number of nitriles is 1. The maximum atomic E-state index is 13.8. The molecule has 1 amide bonds. The molecule has 1 N–H and O–H groups in total. The Hall–Kier alpha value is -3.71. The predicted molar refractivity (Wildman–Crippen MR) is 128 cm³/mol. The average Bonchev–Trinajstić information content (AvgIpc) is 3.53. The van der Waals surface area contributed by atoms with Gasteiger partial charge < -0.3 is 19.3 Å². The Bertz CT molecular complexity index is 1350. The summed E-state index contributed by atoms with van der Waals surface area (Å²) in [6.07, 6.45) is 2.01. The summed E-state index contributed by atoms with van der Waals surface area (Å²) < 4.78 is 7.73. The summed E-state index contributed by atoms with van der Waals surface area (Å²) in [7, 11) is 3.34. The van der Waals surface area contributed by atoms with Crippen LogP contribution in [0.1, 0.15) is 48.3 Å². The van der Waals surface area contributed by atoms with Gasteiger partial charge in [-0.3, -0.25) is 4.79 Å². The monoisotopic (exact) mass is 475 g/mol. The maximum Gasteiger partial charge on any atom is 0.271 e. The molecule has 2 aromatic heterocycles.